The molecule has 0 N–H and O–H groups in total. The van der Waals surface area contributed by atoms with Crippen LogP contribution in [0.25, 0.3) is 0 Å². The van der Waals surface area contributed by atoms with Gasteiger partial charge in [0.25, 0.3) is 0 Å². The smallest absolute Gasteiger partial charge is 0.310 e. The number of carbonyl (C=O) groups is 2. The molecule has 2 aliphatic rings. The van der Waals surface area contributed by atoms with E-state index in [0.29, 0.717) is 12.8 Å². The largest absolute Gasteiger partial charge is 0.462 e. The molecule has 0 aromatic rings. The molecule has 98 valence electrons. The minimum Gasteiger partial charge on any atom is -0.462 e. The molecular formula is C14H18O4. The van der Waals surface area contributed by atoms with E-state index in [1.165, 1.54) is 0 Å². The van der Waals surface area contributed by atoms with Gasteiger partial charge in [-0.25, -0.2) is 0 Å². The second-order valence-corrected chi connectivity index (χ2v) is 4.75. The van der Waals surface area contributed by atoms with Crippen molar-refractivity contribution in [2.45, 2.75) is 37.9 Å². The van der Waals surface area contributed by atoms with E-state index in [9.17, 15) is 9.59 Å². The van der Waals surface area contributed by atoms with Crippen molar-refractivity contribution in [3.05, 3.63) is 25.3 Å². The monoisotopic (exact) mass is 250 g/mol. The van der Waals surface area contributed by atoms with Gasteiger partial charge in [0.05, 0.1) is 11.8 Å². The highest BCUT2D eigenvalue weighted by molar-refractivity contribution is 5.76. The first-order valence-electron chi connectivity index (χ1n) is 6.30. The van der Waals surface area contributed by atoms with Crippen molar-refractivity contribution in [2.24, 2.45) is 11.8 Å². The van der Waals surface area contributed by atoms with Crippen LogP contribution in [0.15, 0.2) is 25.3 Å². The predicted octanol–water partition coefficient (Wildman–Crippen LogP) is 2.00. The van der Waals surface area contributed by atoms with Gasteiger partial charge in [0.15, 0.2) is 0 Å². The second-order valence-electron chi connectivity index (χ2n) is 4.75. The van der Waals surface area contributed by atoms with Gasteiger partial charge in [0.2, 0.25) is 0 Å². The summed E-state index contributed by atoms with van der Waals surface area (Å²) in [4.78, 5) is 23.2. The van der Waals surface area contributed by atoms with Crippen LogP contribution in [0.1, 0.15) is 25.7 Å². The third kappa shape index (κ3) is 2.33. The first-order chi connectivity index (χ1) is 8.67. The van der Waals surface area contributed by atoms with Crippen molar-refractivity contribution in [3.8, 4) is 0 Å². The van der Waals surface area contributed by atoms with E-state index in [1.54, 1.807) is 12.2 Å². The topological polar surface area (TPSA) is 52.6 Å². The summed E-state index contributed by atoms with van der Waals surface area (Å²) in [5, 5.41) is 0. The van der Waals surface area contributed by atoms with Crippen LogP contribution in [0.5, 0.6) is 0 Å². The zero-order valence-corrected chi connectivity index (χ0v) is 10.3. The lowest BCUT2D eigenvalue weighted by molar-refractivity contribution is -0.151. The van der Waals surface area contributed by atoms with Crippen molar-refractivity contribution in [1.29, 1.82) is 0 Å². The van der Waals surface area contributed by atoms with E-state index in [1.807, 2.05) is 0 Å². The lowest BCUT2D eigenvalue weighted by atomic mass is 9.92. The molecule has 1 saturated carbocycles. The van der Waals surface area contributed by atoms with Crippen molar-refractivity contribution in [1.82, 2.24) is 0 Å². The predicted molar refractivity (Wildman–Crippen MR) is 65.6 cm³/mol. The summed E-state index contributed by atoms with van der Waals surface area (Å²) < 4.78 is 10.6. The molecule has 4 heteroatoms. The second kappa shape index (κ2) is 5.38. The van der Waals surface area contributed by atoms with E-state index in [0.717, 1.165) is 12.8 Å². The SMILES string of the molecule is C=CCCC(=O)O[C@@H]1CC[C@@H]2C(=O)O[C@@H](C=C)[C@@H]21. The summed E-state index contributed by atoms with van der Waals surface area (Å²) in [6.07, 6.45) is 5.18. The van der Waals surface area contributed by atoms with Crippen molar-refractivity contribution in [3.63, 3.8) is 0 Å². The Morgan fingerprint density at radius 1 is 1.44 bits per heavy atom. The number of allylic oxidation sites excluding steroid dienone is 1. The summed E-state index contributed by atoms with van der Waals surface area (Å²) >= 11 is 0. The molecule has 0 bridgehead atoms. The molecule has 2 fully saturated rings. The third-order valence-electron chi connectivity index (χ3n) is 3.66. The Balaban J connectivity index is 1.98. The molecule has 0 spiro atoms. The molecule has 0 unspecified atom stereocenters. The fraction of sp³-hybridized carbons (Fsp3) is 0.571. The molecule has 18 heavy (non-hydrogen) atoms. The number of ether oxygens (including phenoxy) is 2. The molecule has 1 saturated heterocycles. The summed E-state index contributed by atoms with van der Waals surface area (Å²) in [7, 11) is 0. The molecule has 2 rings (SSSR count). The van der Waals surface area contributed by atoms with Gasteiger partial charge in [0, 0.05) is 6.42 Å². The molecule has 0 radical (unpaired) electrons. The molecule has 1 heterocycles. The Kier molecular flexibility index (Phi) is 3.84. The van der Waals surface area contributed by atoms with Crippen LogP contribution in [-0.2, 0) is 19.1 Å². The van der Waals surface area contributed by atoms with Crippen molar-refractivity contribution >= 4 is 11.9 Å². The summed E-state index contributed by atoms with van der Waals surface area (Å²) in [5.41, 5.74) is 0. The number of fused-ring (bicyclic) bond motifs is 1. The molecule has 1 aliphatic heterocycles. The number of hydrogen-bond acceptors (Lipinski definition) is 4. The maximum atomic E-state index is 11.6. The highest BCUT2D eigenvalue weighted by Gasteiger charge is 2.52. The molecule has 0 aromatic heterocycles. The summed E-state index contributed by atoms with van der Waals surface area (Å²) in [6.45, 7) is 7.24. The zero-order chi connectivity index (χ0) is 13.1. The van der Waals surface area contributed by atoms with Gasteiger partial charge < -0.3 is 9.47 Å². The average molecular weight is 250 g/mol. The number of carbonyl (C=O) groups excluding carboxylic acids is 2. The fourth-order valence-corrected chi connectivity index (χ4v) is 2.79. The van der Waals surface area contributed by atoms with Gasteiger partial charge in [-0.2, -0.15) is 0 Å². The van der Waals surface area contributed by atoms with Crippen LogP contribution in [0.3, 0.4) is 0 Å². The minimum absolute atomic E-state index is 0.0531. The maximum Gasteiger partial charge on any atom is 0.310 e. The molecule has 0 amide bonds. The van der Waals surface area contributed by atoms with Crippen molar-refractivity contribution in [2.75, 3.05) is 0 Å². The van der Waals surface area contributed by atoms with E-state index in [2.05, 4.69) is 13.2 Å². The number of esters is 2. The quantitative estimate of drug-likeness (QED) is 0.553. The van der Waals surface area contributed by atoms with Gasteiger partial charge >= 0.3 is 11.9 Å². The van der Waals surface area contributed by atoms with Crippen LogP contribution in [0.4, 0.5) is 0 Å². The van der Waals surface area contributed by atoms with Crippen LogP contribution in [-0.4, -0.2) is 24.1 Å². The Hall–Kier alpha value is -1.58. The van der Waals surface area contributed by atoms with E-state index in [-0.39, 0.29) is 36.0 Å². The first-order valence-corrected chi connectivity index (χ1v) is 6.30. The zero-order valence-electron chi connectivity index (χ0n) is 10.3. The van der Waals surface area contributed by atoms with Gasteiger partial charge in [-0.3, -0.25) is 9.59 Å². The Bertz CT molecular complexity index is 374. The Morgan fingerprint density at radius 3 is 2.89 bits per heavy atom. The Morgan fingerprint density at radius 2 is 2.22 bits per heavy atom. The summed E-state index contributed by atoms with van der Waals surface area (Å²) in [6, 6.07) is 0. The number of cyclic esters (lactones) is 1. The molecule has 4 atom stereocenters. The highest BCUT2D eigenvalue weighted by atomic mass is 16.6. The molecular weight excluding hydrogens is 232 g/mol. The van der Waals surface area contributed by atoms with Crippen LogP contribution >= 0.6 is 0 Å². The average Bonchev–Trinajstić information content (AvgIpc) is 2.89. The molecule has 0 aromatic carbocycles. The standard InChI is InChI=1S/C14H18O4/c1-3-5-6-12(15)17-11-8-7-9-13(11)10(4-2)18-14(9)16/h3-4,9-11,13H,1-2,5-8H2/t9-,10-,11+,13+/m0/s1. The van der Waals surface area contributed by atoms with Crippen molar-refractivity contribution < 1.29 is 19.1 Å². The van der Waals surface area contributed by atoms with Crippen LogP contribution in [0, 0.1) is 11.8 Å². The van der Waals surface area contributed by atoms with Crippen LogP contribution < -0.4 is 0 Å². The van der Waals surface area contributed by atoms with Crippen LogP contribution in [0.2, 0.25) is 0 Å². The van der Waals surface area contributed by atoms with E-state index < -0.39 is 0 Å². The van der Waals surface area contributed by atoms with E-state index in [4.69, 9.17) is 9.47 Å². The number of rotatable bonds is 5. The molecule has 1 aliphatic carbocycles. The van der Waals surface area contributed by atoms with Gasteiger partial charge in [-0.05, 0) is 19.3 Å². The lowest BCUT2D eigenvalue weighted by Crippen LogP contribution is -2.29. The Labute approximate surface area is 107 Å². The van der Waals surface area contributed by atoms with E-state index >= 15 is 0 Å². The minimum atomic E-state index is -0.317. The van der Waals surface area contributed by atoms with Gasteiger partial charge in [-0.1, -0.05) is 18.7 Å². The van der Waals surface area contributed by atoms with Gasteiger partial charge in [0.1, 0.15) is 12.2 Å². The third-order valence-corrected chi connectivity index (χ3v) is 3.66. The molecule has 4 nitrogen and oxygen atoms in total. The normalized spacial score (nSPS) is 33.7. The first kappa shape index (κ1) is 12.9. The van der Waals surface area contributed by atoms with Gasteiger partial charge in [-0.15, -0.1) is 6.58 Å². The summed E-state index contributed by atoms with van der Waals surface area (Å²) in [5.74, 6) is -0.606. The highest BCUT2D eigenvalue weighted by Crippen LogP contribution is 2.43. The lowest BCUT2D eigenvalue weighted by Gasteiger charge is -2.21. The number of hydrogen-bond donors (Lipinski definition) is 0. The maximum absolute atomic E-state index is 11.6. The fourth-order valence-electron chi connectivity index (χ4n) is 2.79.